The van der Waals surface area contributed by atoms with Crippen molar-refractivity contribution in [3.63, 3.8) is 0 Å². The summed E-state index contributed by atoms with van der Waals surface area (Å²) in [6.07, 6.45) is 0.991. The first-order chi connectivity index (χ1) is 9.97. The number of aromatic nitrogens is 2. The topological polar surface area (TPSA) is 29.9 Å². The van der Waals surface area contributed by atoms with E-state index in [9.17, 15) is 4.39 Å². The Bertz CT molecular complexity index is 633. The minimum atomic E-state index is -0.280. The second-order valence-corrected chi connectivity index (χ2v) is 5.63. The Labute approximate surface area is 130 Å². The molecule has 1 unspecified atom stereocenters. The zero-order valence-corrected chi connectivity index (χ0v) is 13.6. The second kappa shape index (κ2) is 6.58. The fourth-order valence-corrected chi connectivity index (χ4v) is 2.92. The van der Waals surface area contributed by atoms with Crippen molar-refractivity contribution in [1.29, 1.82) is 0 Å². The van der Waals surface area contributed by atoms with Crippen LogP contribution in [0.2, 0.25) is 5.02 Å². The summed E-state index contributed by atoms with van der Waals surface area (Å²) in [6, 6.07) is 4.70. The molecular weight excluding hydrogens is 289 g/mol. The van der Waals surface area contributed by atoms with Gasteiger partial charge in [0.25, 0.3) is 0 Å². The van der Waals surface area contributed by atoms with Gasteiger partial charge in [0.15, 0.2) is 0 Å². The lowest BCUT2D eigenvalue weighted by Gasteiger charge is -2.15. The van der Waals surface area contributed by atoms with Crippen LogP contribution in [0, 0.1) is 19.7 Å². The molecule has 1 N–H and O–H groups in total. The SMILES string of the molecule is CCC(NC)c1c(C)nn(Cc2cc(F)ccc2Cl)c1C. The molecule has 2 rings (SSSR count). The van der Waals surface area contributed by atoms with Gasteiger partial charge in [0, 0.05) is 22.3 Å². The number of nitrogens with one attached hydrogen (secondary N) is 1. The highest BCUT2D eigenvalue weighted by Crippen LogP contribution is 2.25. The van der Waals surface area contributed by atoms with Gasteiger partial charge in [-0.05, 0) is 51.1 Å². The monoisotopic (exact) mass is 309 g/mol. The smallest absolute Gasteiger partial charge is 0.123 e. The molecule has 1 heterocycles. The number of aryl methyl sites for hydroxylation is 1. The van der Waals surface area contributed by atoms with Gasteiger partial charge in [0.1, 0.15) is 5.82 Å². The van der Waals surface area contributed by atoms with Gasteiger partial charge in [0.05, 0.1) is 12.2 Å². The molecule has 0 spiro atoms. The van der Waals surface area contributed by atoms with Crippen LogP contribution in [0.1, 0.15) is 41.9 Å². The molecule has 0 aliphatic carbocycles. The van der Waals surface area contributed by atoms with E-state index in [2.05, 4.69) is 17.3 Å². The maximum Gasteiger partial charge on any atom is 0.123 e. The van der Waals surface area contributed by atoms with Gasteiger partial charge >= 0.3 is 0 Å². The van der Waals surface area contributed by atoms with Crippen molar-refractivity contribution in [3.05, 3.63) is 51.6 Å². The Morgan fingerprint density at radius 3 is 2.71 bits per heavy atom. The minimum absolute atomic E-state index is 0.279. The molecule has 0 aliphatic rings. The Morgan fingerprint density at radius 1 is 1.38 bits per heavy atom. The van der Waals surface area contributed by atoms with E-state index in [-0.39, 0.29) is 11.9 Å². The van der Waals surface area contributed by atoms with Crippen LogP contribution in [-0.4, -0.2) is 16.8 Å². The van der Waals surface area contributed by atoms with Crippen molar-refractivity contribution in [3.8, 4) is 0 Å². The van der Waals surface area contributed by atoms with Crippen LogP contribution in [0.25, 0.3) is 0 Å². The summed E-state index contributed by atoms with van der Waals surface area (Å²) in [4.78, 5) is 0. The largest absolute Gasteiger partial charge is 0.313 e. The Kier molecular flexibility index (Phi) is 5.01. The van der Waals surface area contributed by atoms with Crippen molar-refractivity contribution in [2.45, 2.75) is 39.8 Å². The van der Waals surface area contributed by atoms with Crippen LogP contribution in [0.4, 0.5) is 4.39 Å². The zero-order chi connectivity index (χ0) is 15.6. The maximum absolute atomic E-state index is 13.4. The molecule has 0 saturated heterocycles. The number of halogens is 2. The molecule has 1 aromatic heterocycles. The van der Waals surface area contributed by atoms with E-state index in [0.29, 0.717) is 11.6 Å². The van der Waals surface area contributed by atoms with Crippen LogP contribution in [0.15, 0.2) is 18.2 Å². The van der Waals surface area contributed by atoms with E-state index in [0.717, 1.165) is 23.4 Å². The van der Waals surface area contributed by atoms with Crippen molar-refractivity contribution in [2.24, 2.45) is 0 Å². The summed E-state index contributed by atoms with van der Waals surface area (Å²) < 4.78 is 15.3. The minimum Gasteiger partial charge on any atom is -0.313 e. The predicted octanol–water partition coefficient (Wildman–Crippen LogP) is 4.01. The molecule has 0 fully saturated rings. The van der Waals surface area contributed by atoms with Gasteiger partial charge < -0.3 is 5.32 Å². The molecule has 0 amide bonds. The molecule has 0 radical (unpaired) electrons. The maximum atomic E-state index is 13.4. The number of hydrogen-bond donors (Lipinski definition) is 1. The van der Waals surface area contributed by atoms with Crippen molar-refractivity contribution in [2.75, 3.05) is 7.05 Å². The Morgan fingerprint density at radius 2 is 2.10 bits per heavy atom. The van der Waals surface area contributed by atoms with Gasteiger partial charge in [0.2, 0.25) is 0 Å². The molecule has 2 aromatic rings. The summed E-state index contributed by atoms with van der Waals surface area (Å²) in [5.74, 6) is -0.280. The van der Waals surface area contributed by atoms with Gasteiger partial charge in [-0.3, -0.25) is 4.68 Å². The Hall–Kier alpha value is -1.39. The molecular formula is C16H21ClFN3. The number of nitrogens with zero attached hydrogens (tertiary/aromatic N) is 2. The van der Waals surface area contributed by atoms with E-state index in [1.165, 1.54) is 17.7 Å². The first-order valence-corrected chi connectivity index (χ1v) is 7.50. The quantitative estimate of drug-likeness (QED) is 0.904. The van der Waals surface area contributed by atoms with Crippen LogP contribution in [0.5, 0.6) is 0 Å². The van der Waals surface area contributed by atoms with E-state index >= 15 is 0 Å². The molecule has 0 bridgehead atoms. The number of rotatable bonds is 5. The summed E-state index contributed by atoms with van der Waals surface area (Å²) >= 11 is 6.14. The summed E-state index contributed by atoms with van der Waals surface area (Å²) in [6.45, 7) is 6.67. The zero-order valence-electron chi connectivity index (χ0n) is 12.9. The fourth-order valence-electron chi connectivity index (χ4n) is 2.75. The van der Waals surface area contributed by atoms with Crippen LogP contribution < -0.4 is 5.32 Å². The third kappa shape index (κ3) is 3.27. The molecule has 0 saturated carbocycles. The molecule has 1 atom stereocenters. The lowest BCUT2D eigenvalue weighted by molar-refractivity contribution is 0.568. The lowest BCUT2D eigenvalue weighted by atomic mass is 10.0. The fraction of sp³-hybridized carbons (Fsp3) is 0.438. The van der Waals surface area contributed by atoms with Crippen molar-refractivity contribution >= 4 is 11.6 Å². The predicted molar refractivity (Wildman–Crippen MR) is 84.3 cm³/mol. The van der Waals surface area contributed by atoms with Crippen molar-refractivity contribution in [1.82, 2.24) is 15.1 Å². The van der Waals surface area contributed by atoms with Crippen LogP contribution in [0.3, 0.4) is 0 Å². The molecule has 3 nitrogen and oxygen atoms in total. The normalized spacial score (nSPS) is 12.7. The average molecular weight is 310 g/mol. The summed E-state index contributed by atoms with van der Waals surface area (Å²) in [5, 5.41) is 8.46. The van der Waals surface area contributed by atoms with Crippen LogP contribution in [-0.2, 0) is 6.54 Å². The van der Waals surface area contributed by atoms with E-state index in [1.54, 1.807) is 6.07 Å². The van der Waals surface area contributed by atoms with E-state index in [4.69, 9.17) is 11.6 Å². The third-order valence-corrected chi connectivity index (χ3v) is 4.24. The number of hydrogen-bond acceptors (Lipinski definition) is 2. The summed E-state index contributed by atoms with van der Waals surface area (Å²) in [5.41, 5.74) is 4.05. The van der Waals surface area contributed by atoms with E-state index < -0.39 is 0 Å². The standard InChI is InChI=1S/C16H21ClFN3/c1-5-15(19-4)16-10(2)20-21(11(16)3)9-12-8-13(18)6-7-14(12)17/h6-8,15,19H,5,9H2,1-4H3. The molecule has 0 aliphatic heterocycles. The average Bonchev–Trinajstić information content (AvgIpc) is 2.72. The highest BCUT2D eigenvalue weighted by atomic mass is 35.5. The molecule has 1 aromatic carbocycles. The highest BCUT2D eigenvalue weighted by molar-refractivity contribution is 6.31. The first kappa shape index (κ1) is 16.0. The number of benzene rings is 1. The van der Waals surface area contributed by atoms with Gasteiger partial charge in [-0.2, -0.15) is 5.10 Å². The summed E-state index contributed by atoms with van der Waals surface area (Å²) in [7, 11) is 1.95. The van der Waals surface area contributed by atoms with Gasteiger partial charge in [-0.15, -0.1) is 0 Å². The van der Waals surface area contributed by atoms with Crippen molar-refractivity contribution < 1.29 is 4.39 Å². The van der Waals surface area contributed by atoms with E-state index in [1.807, 2.05) is 25.6 Å². The first-order valence-electron chi connectivity index (χ1n) is 7.13. The van der Waals surface area contributed by atoms with Gasteiger partial charge in [-0.1, -0.05) is 18.5 Å². The second-order valence-electron chi connectivity index (χ2n) is 5.23. The molecule has 5 heteroatoms. The molecule has 21 heavy (non-hydrogen) atoms. The lowest BCUT2D eigenvalue weighted by Crippen LogP contribution is -2.17. The highest BCUT2D eigenvalue weighted by Gasteiger charge is 2.18. The van der Waals surface area contributed by atoms with Crippen LogP contribution >= 0.6 is 11.6 Å². The van der Waals surface area contributed by atoms with Gasteiger partial charge in [-0.25, -0.2) is 4.39 Å². The molecule has 114 valence electrons. The third-order valence-electron chi connectivity index (χ3n) is 3.87. The Balaban J connectivity index is 2.38.